The van der Waals surface area contributed by atoms with Crippen molar-refractivity contribution >= 4 is 14.0 Å². The minimum Gasteiger partial charge on any atom is -0.544 e. The Morgan fingerprint density at radius 3 is 2.70 bits per heavy atom. The molecular formula is C22H33NO3Si. The molecule has 1 aromatic carbocycles. The third kappa shape index (κ3) is 3.23. The molecule has 4 nitrogen and oxygen atoms in total. The van der Waals surface area contributed by atoms with Gasteiger partial charge < -0.3 is 14.4 Å². The first-order chi connectivity index (χ1) is 12.7. The molecule has 0 unspecified atom stereocenters. The van der Waals surface area contributed by atoms with Crippen molar-refractivity contribution in [2.45, 2.75) is 70.7 Å². The van der Waals surface area contributed by atoms with E-state index in [2.05, 4.69) is 49.9 Å². The highest BCUT2D eigenvalue weighted by molar-refractivity contribution is 6.70. The molecule has 3 aliphatic carbocycles. The van der Waals surface area contributed by atoms with Crippen molar-refractivity contribution in [1.82, 2.24) is 0 Å². The SMILES string of the molecule is CO/N=C1/C[C@@H](O)[C@H]2[C@@H]3CCc4cc(O[Si](C)(C)C)ccc4[C@H]3CC[C@]12C. The number of hydrogen-bond acceptors (Lipinski definition) is 4. The molecule has 0 radical (unpaired) electrons. The van der Waals surface area contributed by atoms with Gasteiger partial charge in [0.15, 0.2) is 0 Å². The molecule has 0 spiro atoms. The van der Waals surface area contributed by atoms with E-state index in [1.807, 2.05) is 0 Å². The first-order valence-electron chi connectivity index (χ1n) is 10.3. The Balaban J connectivity index is 1.64. The summed E-state index contributed by atoms with van der Waals surface area (Å²) in [6.45, 7) is 8.98. The van der Waals surface area contributed by atoms with E-state index in [4.69, 9.17) is 9.26 Å². The molecule has 5 heteroatoms. The molecule has 2 fully saturated rings. The van der Waals surface area contributed by atoms with Gasteiger partial charge >= 0.3 is 0 Å². The van der Waals surface area contributed by atoms with Crippen LogP contribution in [0.15, 0.2) is 23.4 Å². The molecule has 0 saturated heterocycles. The second kappa shape index (κ2) is 6.63. The summed E-state index contributed by atoms with van der Waals surface area (Å²) in [6.07, 6.45) is 4.82. The number of aliphatic hydroxyl groups excluding tert-OH is 1. The number of nitrogens with zero attached hydrogens (tertiary/aromatic N) is 1. The van der Waals surface area contributed by atoms with Gasteiger partial charge in [-0.1, -0.05) is 18.1 Å². The quantitative estimate of drug-likeness (QED) is 0.602. The summed E-state index contributed by atoms with van der Waals surface area (Å²) in [7, 11) is 0.0215. The molecular weight excluding hydrogens is 354 g/mol. The summed E-state index contributed by atoms with van der Waals surface area (Å²) >= 11 is 0. The van der Waals surface area contributed by atoms with Crippen molar-refractivity contribution in [2.75, 3.05) is 7.11 Å². The van der Waals surface area contributed by atoms with E-state index in [1.54, 1.807) is 7.11 Å². The molecule has 2 saturated carbocycles. The molecule has 0 aliphatic heterocycles. The fourth-order valence-corrected chi connectivity index (χ4v) is 6.92. The summed E-state index contributed by atoms with van der Waals surface area (Å²) in [5, 5.41) is 15.2. The van der Waals surface area contributed by atoms with Crippen molar-refractivity contribution in [3.63, 3.8) is 0 Å². The van der Waals surface area contributed by atoms with Crippen LogP contribution >= 0.6 is 0 Å². The topological polar surface area (TPSA) is 51.0 Å². The Morgan fingerprint density at radius 2 is 2.00 bits per heavy atom. The predicted molar refractivity (Wildman–Crippen MR) is 111 cm³/mol. The van der Waals surface area contributed by atoms with Crippen LogP contribution in [0.3, 0.4) is 0 Å². The van der Waals surface area contributed by atoms with E-state index in [1.165, 1.54) is 11.1 Å². The molecule has 3 aliphatic rings. The van der Waals surface area contributed by atoms with Crippen LogP contribution in [0.25, 0.3) is 0 Å². The molecule has 148 valence electrons. The van der Waals surface area contributed by atoms with E-state index in [-0.39, 0.29) is 17.4 Å². The molecule has 5 atom stereocenters. The Labute approximate surface area is 164 Å². The lowest BCUT2D eigenvalue weighted by Gasteiger charge is -2.49. The van der Waals surface area contributed by atoms with E-state index < -0.39 is 8.32 Å². The molecule has 0 heterocycles. The minimum absolute atomic E-state index is 0.0189. The van der Waals surface area contributed by atoms with Crippen LogP contribution in [-0.2, 0) is 11.3 Å². The maximum absolute atomic E-state index is 10.9. The maximum Gasteiger partial charge on any atom is 0.242 e. The standard InChI is InChI=1S/C22H33NO3Si/c1-22-11-10-17-16-9-7-15(26-27(3,4)5)12-14(16)6-8-18(17)21(22)19(24)13-20(22)23-25-2/h7,9,12,17-19,21,24H,6,8,10-11,13H2,1-5H3/b23-20-/t17-,18-,19-,21-,22-/m1/s1. The third-order valence-electron chi connectivity index (χ3n) is 7.05. The molecule has 0 amide bonds. The molecule has 1 aromatic rings. The molecule has 0 bridgehead atoms. The van der Waals surface area contributed by atoms with E-state index in [0.29, 0.717) is 18.3 Å². The predicted octanol–water partition coefficient (Wildman–Crippen LogP) is 4.73. The number of rotatable bonds is 3. The average Bonchev–Trinajstić information content (AvgIpc) is 2.84. The number of benzene rings is 1. The lowest BCUT2D eigenvalue weighted by atomic mass is 9.55. The zero-order valence-electron chi connectivity index (χ0n) is 17.3. The monoisotopic (exact) mass is 387 g/mol. The summed E-state index contributed by atoms with van der Waals surface area (Å²) in [5.74, 6) is 2.39. The summed E-state index contributed by atoms with van der Waals surface area (Å²) in [5.41, 5.74) is 3.98. The minimum atomic E-state index is -1.59. The van der Waals surface area contributed by atoms with Crippen molar-refractivity contribution in [1.29, 1.82) is 0 Å². The summed E-state index contributed by atoms with van der Waals surface area (Å²) < 4.78 is 6.22. The van der Waals surface area contributed by atoms with Gasteiger partial charge in [-0.05, 0) is 86.3 Å². The van der Waals surface area contributed by atoms with Gasteiger partial charge in [-0.25, -0.2) is 0 Å². The largest absolute Gasteiger partial charge is 0.544 e. The highest BCUT2D eigenvalue weighted by Crippen LogP contribution is 2.60. The van der Waals surface area contributed by atoms with E-state index in [9.17, 15) is 5.11 Å². The van der Waals surface area contributed by atoms with Crippen molar-refractivity contribution in [2.24, 2.45) is 22.4 Å². The zero-order chi connectivity index (χ0) is 19.4. The number of aryl methyl sites for hydroxylation is 1. The van der Waals surface area contributed by atoms with Crippen LogP contribution in [0.4, 0.5) is 0 Å². The molecule has 4 rings (SSSR count). The third-order valence-corrected chi connectivity index (χ3v) is 7.90. The van der Waals surface area contributed by atoms with Gasteiger partial charge in [-0.3, -0.25) is 0 Å². The van der Waals surface area contributed by atoms with Crippen LogP contribution in [0, 0.1) is 17.3 Å². The first kappa shape index (κ1) is 19.0. The van der Waals surface area contributed by atoms with Gasteiger partial charge in [0.1, 0.15) is 12.9 Å². The fourth-order valence-electron chi connectivity index (χ4n) is 6.08. The summed E-state index contributed by atoms with van der Waals surface area (Å²) in [6, 6.07) is 6.74. The van der Waals surface area contributed by atoms with Crippen molar-refractivity contribution < 1.29 is 14.4 Å². The van der Waals surface area contributed by atoms with Gasteiger partial charge in [0.05, 0.1) is 11.8 Å². The Morgan fingerprint density at radius 1 is 1.22 bits per heavy atom. The van der Waals surface area contributed by atoms with E-state index in [0.717, 1.165) is 37.1 Å². The van der Waals surface area contributed by atoms with Crippen molar-refractivity contribution in [3.8, 4) is 5.75 Å². The number of aliphatic hydroxyl groups is 1. The lowest BCUT2D eigenvalue weighted by Crippen LogP contribution is -2.45. The number of fused-ring (bicyclic) bond motifs is 5. The zero-order valence-corrected chi connectivity index (χ0v) is 18.3. The van der Waals surface area contributed by atoms with Crippen LogP contribution in [0.1, 0.15) is 49.7 Å². The van der Waals surface area contributed by atoms with Crippen molar-refractivity contribution in [3.05, 3.63) is 29.3 Å². The second-order valence-electron chi connectivity index (χ2n) is 9.86. The average molecular weight is 388 g/mol. The van der Waals surface area contributed by atoms with Crippen LogP contribution in [0.5, 0.6) is 5.75 Å². The number of hydrogen-bond donors (Lipinski definition) is 1. The van der Waals surface area contributed by atoms with Gasteiger partial charge in [-0.2, -0.15) is 0 Å². The summed E-state index contributed by atoms with van der Waals surface area (Å²) in [4.78, 5) is 5.10. The van der Waals surface area contributed by atoms with Crippen LogP contribution in [-0.4, -0.2) is 32.3 Å². The molecule has 0 aromatic heterocycles. The Kier molecular flexibility index (Phi) is 4.66. The van der Waals surface area contributed by atoms with Gasteiger partial charge in [-0.15, -0.1) is 0 Å². The first-order valence-corrected chi connectivity index (χ1v) is 13.7. The van der Waals surface area contributed by atoms with Crippen LogP contribution in [0.2, 0.25) is 19.6 Å². The highest BCUT2D eigenvalue weighted by Gasteiger charge is 2.57. The van der Waals surface area contributed by atoms with Gasteiger partial charge in [0, 0.05) is 11.8 Å². The number of oxime groups is 1. The van der Waals surface area contributed by atoms with Gasteiger partial charge in [0.25, 0.3) is 0 Å². The normalized spacial score (nSPS) is 36.7. The van der Waals surface area contributed by atoms with Crippen LogP contribution < -0.4 is 4.43 Å². The lowest BCUT2D eigenvalue weighted by molar-refractivity contribution is 0.00215. The van der Waals surface area contributed by atoms with E-state index >= 15 is 0 Å². The fraction of sp³-hybridized carbons (Fsp3) is 0.682. The Bertz CT molecular complexity index is 756. The smallest absolute Gasteiger partial charge is 0.242 e. The molecule has 27 heavy (non-hydrogen) atoms. The molecule has 1 N–H and O–H groups in total. The highest BCUT2D eigenvalue weighted by atomic mass is 28.4. The van der Waals surface area contributed by atoms with Gasteiger partial charge in [0.2, 0.25) is 8.32 Å². The maximum atomic E-state index is 10.9. The Hall–Kier alpha value is -1.33. The second-order valence-corrected chi connectivity index (χ2v) is 14.3.